The van der Waals surface area contributed by atoms with Gasteiger partial charge in [0.15, 0.2) is 0 Å². The van der Waals surface area contributed by atoms with E-state index < -0.39 is 0 Å². The lowest BCUT2D eigenvalue weighted by Gasteiger charge is -2.05. The summed E-state index contributed by atoms with van der Waals surface area (Å²) in [6.07, 6.45) is 0. The molecule has 0 aliphatic rings. The summed E-state index contributed by atoms with van der Waals surface area (Å²) in [5.41, 5.74) is 0.559. The third kappa shape index (κ3) is 2.57. The van der Waals surface area contributed by atoms with E-state index in [2.05, 4.69) is 24.4 Å². The second-order valence-electron chi connectivity index (χ2n) is 3.35. The number of nitrogens with one attached hydrogen (secondary N) is 1. The van der Waals surface area contributed by atoms with Crippen LogP contribution in [0, 0.1) is 12.7 Å². The molecule has 1 nitrogen and oxygen atoms in total. The Morgan fingerprint density at radius 1 is 1.20 bits per heavy atom. The summed E-state index contributed by atoms with van der Waals surface area (Å²) < 4.78 is 13.2. The maximum absolute atomic E-state index is 13.2. The summed E-state index contributed by atoms with van der Waals surface area (Å²) in [6, 6.07) is 10.9. The Balaban J connectivity index is 2.02. The fourth-order valence-electron chi connectivity index (χ4n) is 1.37. The molecule has 0 radical (unpaired) electrons. The Kier molecular flexibility index (Phi) is 3.02. The molecule has 2 rings (SSSR count). The Morgan fingerprint density at radius 3 is 2.67 bits per heavy atom. The minimum Gasteiger partial charge on any atom is -0.378 e. The van der Waals surface area contributed by atoms with Crippen LogP contribution in [0.25, 0.3) is 0 Å². The first-order valence-corrected chi connectivity index (χ1v) is 5.61. The fourth-order valence-corrected chi connectivity index (χ4v) is 2.20. The Bertz CT molecular complexity index is 450. The van der Waals surface area contributed by atoms with Gasteiger partial charge in [0.2, 0.25) is 0 Å². The highest BCUT2D eigenvalue weighted by Gasteiger charge is 2.00. The fraction of sp³-hybridized carbons (Fsp3) is 0.167. The molecule has 1 aromatic heterocycles. The molecule has 0 saturated carbocycles. The van der Waals surface area contributed by atoms with Crippen LogP contribution in [-0.4, -0.2) is 0 Å². The van der Waals surface area contributed by atoms with Crippen LogP contribution >= 0.6 is 11.3 Å². The largest absolute Gasteiger partial charge is 0.378 e. The zero-order chi connectivity index (χ0) is 10.7. The van der Waals surface area contributed by atoms with Crippen molar-refractivity contribution in [1.29, 1.82) is 0 Å². The van der Waals surface area contributed by atoms with Crippen LogP contribution in [0.5, 0.6) is 0 Å². The van der Waals surface area contributed by atoms with Gasteiger partial charge in [0.25, 0.3) is 0 Å². The molecule has 1 aromatic carbocycles. The van der Waals surface area contributed by atoms with Gasteiger partial charge >= 0.3 is 0 Å². The molecule has 0 atom stereocenters. The maximum Gasteiger partial charge on any atom is 0.146 e. The first kappa shape index (κ1) is 10.2. The Labute approximate surface area is 92.6 Å². The van der Waals surface area contributed by atoms with Crippen LogP contribution in [0.4, 0.5) is 10.1 Å². The van der Waals surface area contributed by atoms with Crippen molar-refractivity contribution in [3.8, 4) is 0 Å². The van der Waals surface area contributed by atoms with Gasteiger partial charge < -0.3 is 5.32 Å². The molecule has 0 fully saturated rings. The van der Waals surface area contributed by atoms with Crippen molar-refractivity contribution >= 4 is 17.0 Å². The molecule has 78 valence electrons. The van der Waals surface area contributed by atoms with Crippen molar-refractivity contribution in [3.63, 3.8) is 0 Å². The number of rotatable bonds is 3. The zero-order valence-corrected chi connectivity index (χ0v) is 9.27. The molecule has 0 aliphatic heterocycles. The number of benzene rings is 1. The van der Waals surface area contributed by atoms with Crippen molar-refractivity contribution in [3.05, 3.63) is 52.0 Å². The molecule has 0 bridgehead atoms. The van der Waals surface area contributed by atoms with E-state index in [1.54, 1.807) is 23.5 Å². The van der Waals surface area contributed by atoms with Crippen LogP contribution in [0.1, 0.15) is 9.75 Å². The standard InChI is InChI=1S/C12H12FNS/c1-9-6-7-10(15-9)8-14-12-5-3-2-4-11(12)13/h2-7,14H,8H2,1H3. The van der Waals surface area contributed by atoms with Gasteiger partial charge in [-0.05, 0) is 31.2 Å². The molecule has 15 heavy (non-hydrogen) atoms. The minimum absolute atomic E-state index is 0.203. The van der Waals surface area contributed by atoms with Gasteiger partial charge in [0.05, 0.1) is 5.69 Å². The molecule has 0 unspecified atom stereocenters. The normalized spacial score (nSPS) is 10.3. The molecule has 1 N–H and O–H groups in total. The summed E-state index contributed by atoms with van der Waals surface area (Å²) >= 11 is 1.73. The van der Waals surface area contributed by atoms with Crippen LogP contribution in [-0.2, 0) is 6.54 Å². The number of halogens is 1. The zero-order valence-electron chi connectivity index (χ0n) is 8.46. The maximum atomic E-state index is 13.2. The number of thiophene rings is 1. The smallest absolute Gasteiger partial charge is 0.146 e. The molecular weight excluding hydrogens is 209 g/mol. The molecule has 3 heteroatoms. The second-order valence-corrected chi connectivity index (χ2v) is 4.72. The van der Waals surface area contributed by atoms with Crippen molar-refractivity contribution < 1.29 is 4.39 Å². The van der Waals surface area contributed by atoms with Gasteiger partial charge in [-0.25, -0.2) is 4.39 Å². The third-order valence-corrected chi connectivity index (χ3v) is 3.12. The van der Waals surface area contributed by atoms with Crippen molar-refractivity contribution in [2.45, 2.75) is 13.5 Å². The second kappa shape index (κ2) is 4.45. The lowest BCUT2D eigenvalue weighted by Crippen LogP contribution is -1.99. The lowest BCUT2D eigenvalue weighted by atomic mass is 10.3. The monoisotopic (exact) mass is 221 g/mol. The molecule has 2 aromatic rings. The Hall–Kier alpha value is -1.35. The number of anilines is 1. The van der Waals surface area contributed by atoms with Crippen LogP contribution in [0.2, 0.25) is 0 Å². The number of para-hydroxylation sites is 1. The highest BCUT2D eigenvalue weighted by atomic mass is 32.1. The molecule has 1 heterocycles. The first-order valence-electron chi connectivity index (χ1n) is 4.79. The van der Waals surface area contributed by atoms with Gasteiger partial charge in [-0.3, -0.25) is 0 Å². The summed E-state index contributed by atoms with van der Waals surface area (Å²) in [6.45, 7) is 2.75. The highest BCUT2D eigenvalue weighted by molar-refractivity contribution is 7.11. The van der Waals surface area contributed by atoms with Crippen molar-refractivity contribution in [2.75, 3.05) is 5.32 Å². The van der Waals surface area contributed by atoms with Gasteiger partial charge in [0, 0.05) is 16.3 Å². The topological polar surface area (TPSA) is 12.0 Å². The van der Waals surface area contributed by atoms with Gasteiger partial charge in [0.1, 0.15) is 5.82 Å². The van der Waals surface area contributed by atoms with Crippen LogP contribution in [0.3, 0.4) is 0 Å². The molecule has 0 aliphatic carbocycles. The predicted molar refractivity (Wildman–Crippen MR) is 62.8 cm³/mol. The van der Waals surface area contributed by atoms with E-state index in [0.29, 0.717) is 12.2 Å². The quantitative estimate of drug-likeness (QED) is 0.831. The van der Waals surface area contributed by atoms with E-state index in [4.69, 9.17) is 0 Å². The van der Waals surface area contributed by atoms with Crippen LogP contribution < -0.4 is 5.32 Å². The number of hydrogen-bond donors (Lipinski definition) is 1. The minimum atomic E-state index is -0.203. The van der Waals surface area contributed by atoms with Gasteiger partial charge in [-0.1, -0.05) is 12.1 Å². The van der Waals surface area contributed by atoms with E-state index in [1.165, 1.54) is 15.8 Å². The lowest BCUT2D eigenvalue weighted by molar-refractivity contribution is 0.630. The highest BCUT2D eigenvalue weighted by Crippen LogP contribution is 2.18. The number of aryl methyl sites for hydroxylation is 1. The SMILES string of the molecule is Cc1ccc(CNc2ccccc2F)s1. The van der Waals surface area contributed by atoms with Crippen molar-refractivity contribution in [1.82, 2.24) is 0 Å². The molecule has 0 spiro atoms. The average molecular weight is 221 g/mol. The summed E-state index contributed by atoms with van der Waals surface area (Å²) in [7, 11) is 0. The van der Waals surface area contributed by atoms with Crippen molar-refractivity contribution in [2.24, 2.45) is 0 Å². The van der Waals surface area contributed by atoms with E-state index in [9.17, 15) is 4.39 Å². The van der Waals surface area contributed by atoms with E-state index in [1.807, 2.05) is 6.07 Å². The van der Waals surface area contributed by atoms with E-state index in [0.717, 1.165) is 0 Å². The summed E-state index contributed by atoms with van der Waals surface area (Å²) in [5, 5.41) is 3.08. The third-order valence-electron chi connectivity index (χ3n) is 2.12. The van der Waals surface area contributed by atoms with E-state index in [-0.39, 0.29) is 5.82 Å². The van der Waals surface area contributed by atoms with Gasteiger partial charge in [-0.15, -0.1) is 11.3 Å². The van der Waals surface area contributed by atoms with Crippen LogP contribution in [0.15, 0.2) is 36.4 Å². The number of hydrogen-bond acceptors (Lipinski definition) is 2. The first-order chi connectivity index (χ1) is 7.25. The molecular formula is C12H12FNS. The summed E-state index contributed by atoms with van der Waals surface area (Å²) in [4.78, 5) is 2.50. The predicted octanol–water partition coefficient (Wildman–Crippen LogP) is 3.81. The molecule has 0 saturated heterocycles. The average Bonchev–Trinajstić information content (AvgIpc) is 2.63. The molecule has 0 amide bonds. The van der Waals surface area contributed by atoms with Gasteiger partial charge in [-0.2, -0.15) is 0 Å². The summed E-state index contributed by atoms with van der Waals surface area (Å²) in [5.74, 6) is -0.203. The van der Waals surface area contributed by atoms with E-state index >= 15 is 0 Å². The Morgan fingerprint density at radius 2 is 2.00 bits per heavy atom.